The second kappa shape index (κ2) is 6.67. The summed E-state index contributed by atoms with van der Waals surface area (Å²) >= 11 is 0. The minimum Gasteiger partial charge on any atom is -0.344 e. The number of hydrogen-bond donors (Lipinski definition) is 0. The van der Waals surface area contributed by atoms with Gasteiger partial charge in [0.1, 0.15) is 17.5 Å². The number of carbonyl (C=O) groups is 2. The van der Waals surface area contributed by atoms with Gasteiger partial charge in [0.05, 0.1) is 0 Å². The lowest BCUT2D eigenvalue weighted by Crippen LogP contribution is -2.29. The molecule has 2 aliphatic rings. The van der Waals surface area contributed by atoms with E-state index in [1.807, 2.05) is 12.1 Å². The third kappa shape index (κ3) is 3.16. The third-order valence-electron chi connectivity index (χ3n) is 5.57. The minimum atomic E-state index is -0.728. The van der Waals surface area contributed by atoms with Crippen molar-refractivity contribution in [3.63, 3.8) is 0 Å². The number of nitrogens with zero attached hydrogens (tertiary/aromatic N) is 1. The molecule has 0 aromatic heterocycles. The fourth-order valence-corrected chi connectivity index (χ4v) is 3.96. The number of carbonyl (C=O) groups excluding carboxylic acids is 2. The highest BCUT2D eigenvalue weighted by Crippen LogP contribution is 2.42. The van der Waals surface area contributed by atoms with E-state index in [4.69, 9.17) is 0 Å². The lowest BCUT2D eigenvalue weighted by Gasteiger charge is -2.17. The predicted molar refractivity (Wildman–Crippen MR) is 97.4 cm³/mol. The maximum absolute atomic E-state index is 13.9. The standard InChI is InChI=1S/C22H22FNO2/c1-24-13-18(16-7-4-6-15(11-16)14-9-10-14)21(22(24)26)20(25)12-17-5-2-3-8-19(17)23/h2-8,11,14,18,21H,9-10,12-13H2,1H3/t18-,21+/m1/s1. The molecule has 134 valence electrons. The van der Waals surface area contributed by atoms with Gasteiger partial charge >= 0.3 is 0 Å². The van der Waals surface area contributed by atoms with Gasteiger partial charge < -0.3 is 4.90 Å². The van der Waals surface area contributed by atoms with E-state index in [1.54, 1.807) is 30.1 Å². The van der Waals surface area contributed by atoms with Crippen LogP contribution in [0.4, 0.5) is 4.39 Å². The van der Waals surface area contributed by atoms with Crippen LogP contribution in [0.2, 0.25) is 0 Å². The van der Waals surface area contributed by atoms with Gasteiger partial charge in [-0.2, -0.15) is 0 Å². The quantitative estimate of drug-likeness (QED) is 0.771. The lowest BCUT2D eigenvalue weighted by atomic mass is 9.83. The zero-order valence-electron chi connectivity index (χ0n) is 14.8. The van der Waals surface area contributed by atoms with Crippen LogP contribution in [-0.4, -0.2) is 30.2 Å². The van der Waals surface area contributed by atoms with Crippen molar-refractivity contribution in [1.29, 1.82) is 0 Å². The third-order valence-corrected chi connectivity index (χ3v) is 5.57. The van der Waals surface area contributed by atoms with E-state index in [0.29, 0.717) is 18.0 Å². The van der Waals surface area contributed by atoms with E-state index in [9.17, 15) is 14.0 Å². The molecule has 0 radical (unpaired) electrons. The Kier molecular flexibility index (Phi) is 4.35. The number of likely N-dealkylation sites (tertiary alicyclic amines) is 1. The first-order valence-electron chi connectivity index (χ1n) is 9.15. The van der Waals surface area contributed by atoms with E-state index in [-0.39, 0.29) is 24.0 Å². The van der Waals surface area contributed by atoms with Gasteiger partial charge in [0.15, 0.2) is 0 Å². The molecule has 2 atom stereocenters. The van der Waals surface area contributed by atoms with Crippen LogP contribution in [0.1, 0.15) is 41.4 Å². The molecule has 4 rings (SSSR count). The molecule has 26 heavy (non-hydrogen) atoms. The summed E-state index contributed by atoms with van der Waals surface area (Å²) < 4.78 is 13.9. The number of hydrogen-bond acceptors (Lipinski definition) is 2. The largest absolute Gasteiger partial charge is 0.344 e. The van der Waals surface area contributed by atoms with Crippen molar-refractivity contribution in [1.82, 2.24) is 4.90 Å². The van der Waals surface area contributed by atoms with Gasteiger partial charge in [0.25, 0.3) is 0 Å². The van der Waals surface area contributed by atoms with Gasteiger partial charge in [0.2, 0.25) is 5.91 Å². The summed E-state index contributed by atoms with van der Waals surface area (Å²) in [5.74, 6) is -1.02. The second-order valence-electron chi connectivity index (χ2n) is 7.48. The van der Waals surface area contributed by atoms with E-state index in [2.05, 4.69) is 12.1 Å². The normalized spacial score (nSPS) is 22.7. The first-order valence-corrected chi connectivity index (χ1v) is 9.15. The lowest BCUT2D eigenvalue weighted by molar-refractivity contribution is -0.136. The molecule has 0 bridgehead atoms. The Bertz CT molecular complexity index is 859. The number of likely N-dealkylation sites (N-methyl/N-ethyl adjacent to an activating group) is 1. The predicted octanol–water partition coefficient (Wildman–Crippen LogP) is 3.69. The van der Waals surface area contributed by atoms with Crippen molar-refractivity contribution >= 4 is 11.7 Å². The van der Waals surface area contributed by atoms with E-state index in [0.717, 1.165) is 5.56 Å². The number of Topliss-reactive ketones (excluding diaryl/α,β-unsaturated/α-hetero) is 1. The SMILES string of the molecule is CN1C[C@H](c2cccc(C3CC3)c2)[C@@H](C(=O)Cc2ccccc2F)C1=O. The highest BCUT2D eigenvalue weighted by atomic mass is 19.1. The van der Waals surface area contributed by atoms with Crippen LogP contribution in [-0.2, 0) is 16.0 Å². The topological polar surface area (TPSA) is 37.4 Å². The van der Waals surface area contributed by atoms with Crippen molar-refractivity contribution in [2.24, 2.45) is 5.92 Å². The van der Waals surface area contributed by atoms with Gasteiger partial charge in [-0.1, -0.05) is 42.5 Å². The van der Waals surface area contributed by atoms with Gasteiger partial charge in [-0.05, 0) is 41.5 Å². The Balaban J connectivity index is 1.61. The van der Waals surface area contributed by atoms with Crippen molar-refractivity contribution in [2.75, 3.05) is 13.6 Å². The zero-order chi connectivity index (χ0) is 18.3. The monoisotopic (exact) mass is 351 g/mol. The molecular formula is C22H22FNO2. The molecule has 1 aliphatic heterocycles. The Morgan fingerprint density at radius 1 is 1.12 bits per heavy atom. The van der Waals surface area contributed by atoms with Crippen LogP contribution < -0.4 is 0 Å². The van der Waals surface area contributed by atoms with Crippen LogP contribution in [0.25, 0.3) is 0 Å². The van der Waals surface area contributed by atoms with Crippen LogP contribution in [0, 0.1) is 11.7 Å². The summed E-state index contributed by atoms with van der Waals surface area (Å²) in [6, 6.07) is 14.6. The average Bonchev–Trinajstić information content (AvgIpc) is 3.44. The molecule has 2 aromatic rings. The zero-order valence-corrected chi connectivity index (χ0v) is 14.8. The summed E-state index contributed by atoms with van der Waals surface area (Å²) in [6.07, 6.45) is 2.38. The Hall–Kier alpha value is -2.49. The van der Waals surface area contributed by atoms with Crippen LogP contribution in [0.5, 0.6) is 0 Å². The number of halogens is 1. The number of amides is 1. The Morgan fingerprint density at radius 3 is 2.58 bits per heavy atom. The molecule has 1 heterocycles. The summed E-state index contributed by atoms with van der Waals surface area (Å²) in [4.78, 5) is 27.2. The summed E-state index contributed by atoms with van der Waals surface area (Å²) in [6.45, 7) is 0.528. The summed E-state index contributed by atoms with van der Waals surface area (Å²) in [5.41, 5.74) is 2.69. The molecular weight excluding hydrogens is 329 g/mol. The van der Waals surface area contributed by atoms with Crippen molar-refractivity contribution < 1.29 is 14.0 Å². The molecule has 4 heteroatoms. The molecule has 0 spiro atoms. The second-order valence-corrected chi connectivity index (χ2v) is 7.48. The van der Waals surface area contributed by atoms with E-state index >= 15 is 0 Å². The highest BCUT2D eigenvalue weighted by Gasteiger charge is 2.44. The Morgan fingerprint density at radius 2 is 1.85 bits per heavy atom. The van der Waals surface area contributed by atoms with Crippen molar-refractivity contribution in [3.05, 3.63) is 71.0 Å². The molecule has 2 aromatic carbocycles. The number of rotatable bonds is 5. The first-order chi connectivity index (χ1) is 12.5. The van der Waals surface area contributed by atoms with Gasteiger partial charge in [0, 0.05) is 25.9 Å². The van der Waals surface area contributed by atoms with Crippen LogP contribution in [0.15, 0.2) is 48.5 Å². The number of ketones is 1. The smallest absolute Gasteiger partial charge is 0.233 e. The highest BCUT2D eigenvalue weighted by molar-refractivity contribution is 6.04. The average molecular weight is 351 g/mol. The fourth-order valence-electron chi connectivity index (χ4n) is 3.96. The first kappa shape index (κ1) is 17.0. The van der Waals surface area contributed by atoms with Gasteiger partial charge in [-0.3, -0.25) is 9.59 Å². The van der Waals surface area contributed by atoms with E-state index in [1.165, 1.54) is 24.5 Å². The van der Waals surface area contributed by atoms with Crippen LogP contribution in [0.3, 0.4) is 0 Å². The molecule has 2 fully saturated rings. The summed E-state index contributed by atoms with van der Waals surface area (Å²) in [7, 11) is 1.73. The molecule has 1 amide bonds. The Labute approximate surface area is 152 Å². The molecule has 1 saturated carbocycles. The molecule has 1 aliphatic carbocycles. The molecule has 0 unspecified atom stereocenters. The molecule has 1 saturated heterocycles. The summed E-state index contributed by atoms with van der Waals surface area (Å²) in [5, 5.41) is 0. The fraction of sp³-hybridized carbons (Fsp3) is 0.364. The molecule has 0 N–H and O–H groups in total. The van der Waals surface area contributed by atoms with Crippen LogP contribution >= 0.6 is 0 Å². The maximum atomic E-state index is 13.9. The maximum Gasteiger partial charge on any atom is 0.233 e. The number of benzene rings is 2. The van der Waals surface area contributed by atoms with Gasteiger partial charge in [-0.25, -0.2) is 4.39 Å². The van der Waals surface area contributed by atoms with Crippen molar-refractivity contribution in [2.45, 2.75) is 31.1 Å². The minimum absolute atomic E-state index is 0.0459. The van der Waals surface area contributed by atoms with E-state index < -0.39 is 11.7 Å². The van der Waals surface area contributed by atoms with Gasteiger partial charge in [-0.15, -0.1) is 0 Å². The molecule has 3 nitrogen and oxygen atoms in total. The van der Waals surface area contributed by atoms with Crippen molar-refractivity contribution in [3.8, 4) is 0 Å².